The third-order valence-corrected chi connectivity index (χ3v) is 3.14. The highest BCUT2D eigenvalue weighted by atomic mass is 16.5. The molecule has 0 saturated heterocycles. The molecule has 0 spiro atoms. The second-order valence-electron chi connectivity index (χ2n) is 4.96. The largest absolute Gasteiger partial charge is 0.487 e. The standard InChI is InChI=1S/C17H22N2O/c1-4-18-11-15-6-5-7-16(19-15)12-20-17-10-13(2)8-9-14(17)3/h5-10,18H,4,11-12H2,1-3H3. The number of hydrogen-bond acceptors (Lipinski definition) is 3. The molecule has 1 N–H and O–H groups in total. The van der Waals surface area contributed by atoms with Crippen LogP contribution < -0.4 is 10.1 Å². The van der Waals surface area contributed by atoms with Crippen LogP contribution in [0.3, 0.4) is 0 Å². The molecule has 20 heavy (non-hydrogen) atoms. The van der Waals surface area contributed by atoms with E-state index in [9.17, 15) is 0 Å². The lowest BCUT2D eigenvalue weighted by Gasteiger charge is -2.10. The molecule has 1 heterocycles. The molecular formula is C17H22N2O. The first-order valence-electron chi connectivity index (χ1n) is 7.04. The number of nitrogens with one attached hydrogen (secondary N) is 1. The van der Waals surface area contributed by atoms with Gasteiger partial charge in [0.05, 0.1) is 11.4 Å². The first kappa shape index (κ1) is 14.5. The smallest absolute Gasteiger partial charge is 0.130 e. The van der Waals surface area contributed by atoms with Gasteiger partial charge in [-0.3, -0.25) is 4.98 Å². The predicted molar refractivity (Wildman–Crippen MR) is 81.9 cm³/mol. The van der Waals surface area contributed by atoms with E-state index in [0.29, 0.717) is 6.61 Å². The zero-order chi connectivity index (χ0) is 14.4. The van der Waals surface area contributed by atoms with E-state index in [0.717, 1.165) is 35.8 Å². The number of nitrogens with zero attached hydrogens (tertiary/aromatic N) is 1. The van der Waals surface area contributed by atoms with Crippen LogP contribution in [0.5, 0.6) is 5.75 Å². The highest BCUT2D eigenvalue weighted by Crippen LogP contribution is 2.20. The van der Waals surface area contributed by atoms with Crippen LogP contribution in [0.1, 0.15) is 29.4 Å². The molecule has 106 valence electrons. The lowest BCUT2D eigenvalue weighted by molar-refractivity contribution is 0.298. The first-order valence-corrected chi connectivity index (χ1v) is 7.04. The number of rotatable bonds is 6. The van der Waals surface area contributed by atoms with E-state index in [1.54, 1.807) is 0 Å². The maximum absolute atomic E-state index is 5.88. The molecule has 0 unspecified atom stereocenters. The minimum Gasteiger partial charge on any atom is -0.487 e. The molecule has 1 aromatic carbocycles. The summed E-state index contributed by atoms with van der Waals surface area (Å²) < 4.78 is 5.88. The normalized spacial score (nSPS) is 10.6. The number of pyridine rings is 1. The molecule has 3 nitrogen and oxygen atoms in total. The maximum Gasteiger partial charge on any atom is 0.130 e. The van der Waals surface area contributed by atoms with Crippen molar-refractivity contribution in [2.24, 2.45) is 0 Å². The van der Waals surface area contributed by atoms with Crippen LogP contribution in [0.2, 0.25) is 0 Å². The number of aryl methyl sites for hydroxylation is 2. The second-order valence-corrected chi connectivity index (χ2v) is 4.96. The number of ether oxygens (including phenoxy) is 1. The van der Waals surface area contributed by atoms with Crippen molar-refractivity contribution >= 4 is 0 Å². The van der Waals surface area contributed by atoms with Crippen molar-refractivity contribution < 1.29 is 4.74 Å². The molecule has 0 bridgehead atoms. The zero-order valence-corrected chi connectivity index (χ0v) is 12.4. The van der Waals surface area contributed by atoms with Crippen molar-refractivity contribution in [2.75, 3.05) is 6.54 Å². The van der Waals surface area contributed by atoms with E-state index in [-0.39, 0.29) is 0 Å². The summed E-state index contributed by atoms with van der Waals surface area (Å²) in [5.41, 5.74) is 4.37. The van der Waals surface area contributed by atoms with Gasteiger partial charge >= 0.3 is 0 Å². The van der Waals surface area contributed by atoms with Gasteiger partial charge in [-0.05, 0) is 49.7 Å². The highest BCUT2D eigenvalue weighted by molar-refractivity contribution is 5.36. The monoisotopic (exact) mass is 270 g/mol. The van der Waals surface area contributed by atoms with Crippen molar-refractivity contribution in [3.8, 4) is 5.75 Å². The zero-order valence-electron chi connectivity index (χ0n) is 12.4. The van der Waals surface area contributed by atoms with Gasteiger partial charge in [0.15, 0.2) is 0 Å². The third-order valence-electron chi connectivity index (χ3n) is 3.14. The van der Waals surface area contributed by atoms with E-state index in [1.807, 2.05) is 18.2 Å². The summed E-state index contributed by atoms with van der Waals surface area (Å²) in [6.45, 7) is 8.47. The molecule has 0 radical (unpaired) electrons. The van der Waals surface area contributed by atoms with Gasteiger partial charge < -0.3 is 10.1 Å². The molecule has 0 aliphatic rings. The average Bonchev–Trinajstić information content (AvgIpc) is 2.46. The molecule has 0 amide bonds. The molecule has 0 atom stereocenters. The summed E-state index contributed by atoms with van der Waals surface area (Å²) in [6, 6.07) is 12.3. The molecule has 0 aliphatic heterocycles. The first-order chi connectivity index (χ1) is 9.69. The van der Waals surface area contributed by atoms with E-state index >= 15 is 0 Å². The summed E-state index contributed by atoms with van der Waals surface area (Å²) in [7, 11) is 0. The van der Waals surface area contributed by atoms with Gasteiger partial charge in [0, 0.05) is 6.54 Å². The third kappa shape index (κ3) is 4.07. The number of aromatic nitrogens is 1. The van der Waals surface area contributed by atoms with Crippen molar-refractivity contribution in [3.05, 3.63) is 58.9 Å². The number of benzene rings is 1. The van der Waals surface area contributed by atoms with Crippen LogP contribution in [0.15, 0.2) is 36.4 Å². The Bertz CT molecular complexity index is 567. The fourth-order valence-electron chi connectivity index (χ4n) is 1.98. The quantitative estimate of drug-likeness (QED) is 0.873. The van der Waals surface area contributed by atoms with Crippen LogP contribution in [0, 0.1) is 13.8 Å². The SMILES string of the molecule is CCNCc1cccc(COc2cc(C)ccc2C)n1. The van der Waals surface area contributed by atoms with Gasteiger partial charge in [-0.25, -0.2) is 0 Å². The predicted octanol–water partition coefficient (Wildman–Crippen LogP) is 3.39. The summed E-state index contributed by atoms with van der Waals surface area (Å²) in [5.74, 6) is 0.934. The van der Waals surface area contributed by atoms with Gasteiger partial charge in [0.1, 0.15) is 12.4 Å². The Morgan fingerprint density at radius 1 is 1.10 bits per heavy atom. The van der Waals surface area contributed by atoms with Gasteiger partial charge in [-0.2, -0.15) is 0 Å². The molecule has 0 fully saturated rings. The lowest BCUT2D eigenvalue weighted by Crippen LogP contribution is -2.13. The van der Waals surface area contributed by atoms with Crippen LogP contribution in [0.4, 0.5) is 0 Å². The van der Waals surface area contributed by atoms with Gasteiger partial charge in [0.2, 0.25) is 0 Å². The van der Waals surface area contributed by atoms with Crippen LogP contribution in [-0.4, -0.2) is 11.5 Å². The Morgan fingerprint density at radius 2 is 1.90 bits per heavy atom. The van der Waals surface area contributed by atoms with Gasteiger partial charge in [0.25, 0.3) is 0 Å². The van der Waals surface area contributed by atoms with Crippen LogP contribution in [0.25, 0.3) is 0 Å². The molecule has 2 aromatic rings. The van der Waals surface area contributed by atoms with Crippen molar-refractivity contribution in [2.45, 2.75) is 33.9 Å². The molecule has 2 rings (SSSR count). The van der Waals surface area contributed by atoms with E-state index in [4.69, 9.17) is 4.74 Å². The van der Waals surface area contributed by atoms with E-state index in [1.165, 1.54) is 5.56 Å². The second kappa shape index (κ2) is 7.06. The Labute approximate surface area is 121 Å². The topological polar surface area (TPSA) is 34.1 Å². The van der Waals surface area contributed by atoms with Crippen molar-refractivity contribution in [1.29, 1.82) is 0 Å². The molecule has 1 aromatic heterocycles. The Morgan fingerprint density at radius 3 is 2.70 bits per heavy atom. The summed E-state index contributed by atoms with van der Waals surface area (Å²) in [5, 5.41) is 3.28. The Kier molecular flexibility index (Phi) is 5.13. The minimum absolute atomic E-state index is 0.504. The summed E-state index contributed by atoms with van der Waals surface area (Å²) in [6.07, 6.45) is 0. The number of hydrogen-bond donors (Lipinski definition) is 1. The average molecular weight is 270 g/mol. The van der Waals surface area contributed by atoms with E-state index in [2.05, 4.69) is 49.3 Å². The summed E-state index contributed by atoms with van der Waals surface area (Å²) in [4.78, 5) is 4.59. The molecule has 3 heteroatoms. The molecule has 0 saturated carbocycles. The van der Waals surface area contributed by atoms with Crippen molar-refractivity contribution in [1.82, 2.24) is 10.3 Å². The van der Waals surface area contributed by atoms with E-state index < -0.39 is 0 Å². The maximum atomic E-state index is 5.88. The van der Waals surface area contributed by atoms with Gasteiger partial charge in [-0.1, -0.05) is 25.1 Å². The lowest BCUT2D eigenvalue weighted by atomic mass is 10.1. The Balaban J connectivity index is 2.01. The highest BCUT2D eigenvalue weighted by Gasteiger charge is 2.02. The summed E-state index contributed by atoms with van der Waals surface area (Å²) >= 11 is 0. The van der Waals surface area contributed by atoms with Crippen LogP contribution in [-0.2, 0) is 13.2 Å². The van der Waals surface area contributed by atoms with Crippen molar-refractivity contribution in [3.63, 3.8) is 0 Å². The van der Waals surface area contributed by atoms with Crippen LogP contribution >= 0.6 is 0 Å². The molecule has 0 aliphatic carbocycles. The Hall–Kier alpha value is -1.87. The molecular weight excluding hydrogens is 248 g/mol. The fraction of sp³-hybridized carbons (Fsp3) is 0.353. The fourth-order valence-corrected chi connectivity index (χ4v) is 1.98. The van der Waals surface area contributed by atoms with Gasteiger partial charge in [-0.15, -0.1) is 0 Å². The minimum atomic E-state index is 0.504.